The molecule has 0 saturated heterocycles. The van der Waals surface area contributed by atoms with Gasteiger partial charge in [0, 0.05) is 19.2 Å². The molecule has 0 fully saturated rings. The lowest BCUT2D eigenvalue weighted by Crippen LogP contribution is -2.21. The average molecular weight is 304 g/mol. The van der Waals surface area contributed by atoms with E-state index in [1.807, 2.05) is 24.3 Å². The van der Waals surface area contributed by atoms with E-state index >= 15 is 0 Å². The fourth-order valence-corrected chi connectivity index (χ4v) is 2.15. The van der Waals surface area contributed by atoms with Crippen LogP contribution in [0.3, 0.4) is 0 Å². The summed E-state index contributed by atoms with van der Waals surface area (Å²) in [6, 6.07) is 9.29. The van der Waals surface area contributed by atoms with E-state index in [9.17, 15) is 4.79 Å². The number of rotatable bonds is 5. The Morgan fingerprint density at radius 3 is 2.95 bits per heavy atom. The predicted molar refractivity (Wildman–Crippen MR) is 82.5 cm³/mol. The maximum Gasteiger partial charge on any atom is 0.253 e. The molecular formula is C16H16ClN2O2. The van der Waals surface area contributed by atoms with Gasteiger partial charge in [0.2, 0.25) is 0 Å². The Labute approximate surface area is 129 Å². The Morgan fingerprint density at radius 2 is 2.24 bits per heavy atom. The van der Waals surface area contributed by atoms with Crippen LogP contribution in [0, 0.1) is 6.54 Å². The number of hydrogen-bond donors (Lipinski definition) is 1. The van der Waals surface area contributed by atoms with E-state index < -0.39 is 0 Å². The third-order valence-electron chi connectivity index (χ3n) is 2.96. The van der Waals surface area contributed by atoms with Gasteiger partial charge in [0.15, 0.2) is 0 Å². The van der Waals surface area contributed by atoms with Gasteiger partial charge in [-0.15, -0.1) is 0 Å². The highest BCUT2D eigenvalue weighted by Crippen LogP contribution is 2.19. The van der Waals surface area contributed by atoms with Gasteiger partial charge >= 0.3 is 0 Å². The van der Waals surface area contributed by atoms with Gasteiger partial charge in [0.1, 0.15) is 5.75 Å². The summed E-state index contributed by atoms with van der Waals surface area (Å²) in [4.78, 5) is 16.4. The van der Waals surface area contributed by atoms with Crippen LogP contribution in [0.5, 0.6) is 5.75 Å². The maximum atomic E-state index is 12.1. The quantitative estimate of drug-likeness (QED) is 0.922. The van der Waals surface area contributed by atoms with Crippen LogP contribution in [0.4, 0.5) is 0 Å². The van der Waals surface area contributed by atoms with E-state index in [0.29, 0.717) is 22.7 Å². The molecular weight excluding hydrogens is 288 g/mol. The Balaban J connectivity index is 2.32. The van der Waals surface area contributed by atoms with Crippen molar-refractivity contribution in [1.82, 2.24) is 10.3 Å². The summed E-state index contributed by atoms with van der Waals surface area (Å²) >= 11 is 5.94. The van der Waals surface area contributed by atoms with Gasteiger partial charge in [0.05, 0.1) is 23.4 Å². The number of aromatic nitrogens is 1. The normalized spacial score (nSPS) is 10.2. The lowest BCUT2D eigenvalue weighted by molar-refractivity contribution is 0.0963. The average Bonchev–Trinajstić information content (AvgIpc) is 2.49. The molecule has 0 aliphatic carbocycles. The highest BCUT2D eigenvalue weighted by molar-refractivity contribution is 6.30. The first-order valence-electron chi connectivity index (χ1n) is 6.50. The number of methoxy groups -OCH3 is 1. The van der Waals surface area contributed by atoms with Crippen molar-refractivity contribution in [3.05, 3.63) is 64.9 Å². The first kappa shape index (κ1) is 15.3. The molecule has 2 aromatic rings. The zero-order chi connectivity index (χ0) is 15.2. The zero-order valence-electron chi connectivity index (χ0n) is 11.9. The van der Waals surface area contributed by atoms with Crippen molar-refractivity contribution in [1.29, 1.82) is 0 Å². The van der Waals surface area contributed by atoms with Crippen molar-refractivity contribution >= 4 is 17.5 Å². The minimum absolute atomic E-state index is 0.217. The summed E-state index contributed by atoms with van der Waals surface area (Å²) in [5.41, 5.74) is 2.16. The largest absolute Gasteiger partial charge is 0.497 e. The van der Waals surface area contributed by atoms with Gasteiger partial charge in [0.25, 0.3) is 5.91 Å². The highest BCUT2D eigenvalue weighted by atomic mass is 35.5. The fraction of sp³-hybridized carbons (Fsp3) is 0.188. The third kappa shape index (κ3) is 3.95. The Kier molecular flexibility index (Phi) is 5.17. The summed E-state index contributed by atoms with van der Waals surface area (Å²) in [5, 5.41) is 3.09. The van der Waals surface area contributed by atoms with Crippen molar-refractivity contribution in [3.8, 4) is 5.75 Å². The number of nitrogens with zero attached hydrogens (tertiary/aromatic N) is 1. The van der Waals surface area contributed by atoms with Crippen LogP contribution in [0.15, 0.2) is 36.5 Å². The maximum absolute atomic E-state index is 12.1. The van der Waals surface area contributed by atoms with E-state index in [1.165, 1.54) is 0 Å². The molecule has 1 aromatic carbocycles. The highest BCUT2D eigenvalue weighted by Gasteiger charge is 2.13. The van der Waals surface area contributed by atoms with E-state index in [4.69, 9.17) is 16.3 Å². The molecule has 0 aliphatic heterocycles. The second-order valence-electron chi connectivity index (χ2n) is 4.44. The molecule has 2 rings (SSSR count). The lowest BCUT2D eigenvalue weighted by atomic mass is 10.0. The first-order chi connectivity index (χ1) is 10.1. The monoisotopic (exact) mass is 303 g/mol. The first-order valence-corrected chi connectivity index (χ1v) is 6.88. The van der Waals surface area contributed by atoms with E-state index in [2.05, 4.69) is 10.3 Å². The number of amides is 1. The zero-order valence-corrected chi connectivity index (χ0v) is 12.6. The summed E-state index contributed by atoms with van der Waals surface area (Å²) in [6.45, 7) is 3.33. The third-order valence-corrected chi connectivity index (χ3v) is 3.17. The molecule has 1 heterocycles. The van der Waals surface area contributed by atoms with Crippen LogP contribution in [0.25, 0.3) is 0 Å². The number of carbonyl (C=O) groups is 1. The molecule has 0 bridgehead atoms. The van der Waals surface area contributed by atoms with Crippen molar-refractivity contribution in [3.63, 3.8) is 0 Å². The number of benzene rings is 1. The Hall–Kier alpha value is -2.07. The molecule has 0 unspecified atom stereocenters. The lowest BCUT2D eigenvalue weighted by Gasteiger charge is -2.10. The summed E-state index contributed by atoms with van der Waals surface area (Å²) in [6.07, 6.45) is 2.07. The van der Waals surface area contributed by atoms with Crippen LogP contribution in [0.1, 0.15) is 28.5 Å². The van der Waals surface area contributed by atoms with Crippen molar-refractivity contribution in [2.45, 2.75) is 13.3 Å². The standard InChI is InChI=1S/C16H16ClN2O2/c1-3-18-16(20)14-9-12(17)10-19-15(14)8-11-5-4-6-13(7-11)21-2/h3-7,9-10H,8H2,1-2H3,(H,18,20). The predicted octanol–water partition coefficient (Wildman–Crippen LogP) is 3.25. The van der Waals surface area contributed by atoms with Crippen LogP contribution in [0.2, 0.25) is 5.02 Å². The summed E-state index contributed by atoms with van der Waals surface area (Å²) in [5.74, 6) is 0.555. The number of carbonyl (C=O) groups excluding carboxylic acids is 1. The van der Waals surface area contributed by atoms with Crippen molar-refractivity contribution in [2.24, 2.45) is 0 Å². The topological polar surface area (TPSA) is 51.2 Å². The van der Waals surface area contributed by atoms with Crippen molar-refractivity contribution < 1.29 is 9.53 Å². The molecule has 0 spiro atoms. The van der Waals surface area contributed by atoms with Crippen LogP contribution >= 0.6 is 11.6 Å². The molecule has 4 nitrogen and oxygen atoms in total. The van der Waals surface area contributed by atoms with Gasteiger partial charge in [-0.1, -0.05) is 23.7 Å². The molecule has 1 amide bonds. The molecule has 109 valence electrons. The number of halogens is 1. The number of nitrogens with one attached hydrogen (secondary N) is 1. The second-order valence-corrected chi connectivity index (χ2v) is 4.87. The molecule has 21 heavy (non-hydrogen) atoms. The van der Waals surface area contributed by atoms with E-state index in [-0.39, 0.29) is 5.91 Å². The molecule has 0 atom stereocenters. The van der Waals surface area contributed by atoms with Gasteiger partial charge in [-0.05, 0) is 30.7 Å². The fourth-order valence-electron chi connectivity index (χ4n) is 1.99. The molecule has 0 saturated carbocycles. The number of ether oxygens (including phenoxy) is 1. The SMILES string of the molecule is C[CH]NC(=O)c1cc(Cl)cnc1Cc1cccc(OC)c1. The Bertz CT molecular complexity index is 644. The number of pyridine rings is 1. The van der Waals surface area contributed by atoms with Crippen LogP contribution < -0.4 is 10.1 Å². The van der Waals surface area contributed by atoms with Gasteiger partial charge in [-0.25, -0.2) is 0 Å². The molecule has 5 heteroatoms. The summed E-state index contributed by atoms with van der Waals surface area (Å²) < 4.78 is 5.20. The molecule has 0 aliphatic rings. The minimum atomic E-state index is -0.217. The van der Waals surface area contributed by atoms with E-state index in [1.54, 1.807) is 32.8 Å². The van der Waals surface area contributed by atoms with E-state index in [0.717, 1.165) is 11.3 Å². The van der Waals surface area contributed by atoms with Crippen molar-refractivity contribution in [2.75, 3.05) is 7.11 Å². The smallest absolute Gasteiger partial charge is 0.253 e. The molecule has 1 radical (unpaired) electrons. The molecule has 1 N–H and O–H groups in total. The molecule has 1 aromatic heterocycles. The van der Waals surface area contributed by atoms with Gasteiger partial charge < -0.3 is 10.1 Å². The van der Waals surface area contributed by atoms with Crippen LogP contribution in [-0.2, 0) is 6.42 Å². The van der Waals surface area contributed by atoms with Crippen LogP contribution in [-0.4, -0.2) is 18.0 Å². The second kappa shape index (κ2) is 7.09. The van der Waals surface area contributed by atoms with Gasteiger partial charge in [-0.3, -0.25) is 9.78 Å². The summed E-state index contributed by atoms with van der Waals surface area (Å²) in [7, 11) is 1.62. The number of hydrogen-bond acceptors (Lipinski definition) is 3. The Morgan fingerprint density at radius 1 is 1.43 bits per heavy atom. The minimum Gasteiger partial charge on any atom is -0.497 e. The van der Waals surface area contributed by atoms with Gasteiger partial charge in [-0.2, -0.15) is 0 Å².